The molecule has 3 nitrogen and oxygen atoms in total. The van der Waals surface area contributed by atoms with Crippen LogP contribution in [-0.2, 0) is 4.84 Å². The van der Waals surface area contributed by atoms with Crippen LogP contribution in [0.3, 0.4) is 0 Å². The second kappa shape index (κ2) is 5.80. The van der Waals surface area contributed by atoms with Gasteiger partial charge >= 0.3 is 0 Å². The van der Waals surface area contributed by atoms with Gasteiger partial charge in [0.25, 0.3) is 0 Å². The van der Waals surface area contributed by atoms with Crippen LogP contribution in [0.4, 0.5) is 0 Å². The fourth-order valence-electron chi connectivity index (χ4n) is 0.857. The lowest BCUT2D eigenvalue weighted by atomic mass is 10.3. The first-order chi connectivity index (χ1) is 6.34. The molecule has 1 rings (SSSR count). The first-order valence-corrected chi connectivity index (χ1v) is 4.38. The molecular weight excluding hydrogens is 190 g/mol. The largest absolute Gasteiger partial charge is 0.490 e. The molecule has 0 saturated carbocycles. The summed E-state index contributed by atoms with van der Waals surface area (Å²) in [5.41, 5.74) is 2.56. The maximum Gasteiger partial charge on any atom is 0.138 e. The van der Waals surface area contributed by atoms with Crippen LogP contribution in [0, 0.1) is 0 Å². The van der Waals surface area contributed by atoms with Crippen LogP contribution in [0.15, 0.2) is 24.3 Å². The van der Waals surface area contributed by atoms with Crippen molar-refractivity contribution in [2.24, 2.45) is 0 Å². The Hall–Kier alpha value is -0.770. The maximum absolute atomic E-state index is 5.86. The van der Waals surface area contributed by atoms with Crippen LogP contribution in [0.25, 0.3) is 0 Å². The molecule has 4 heteroatoms. The van der Waals surface area contributed by atoms with E-state index in [4.69, 9.17) is 21.2 Å². The van der Waals surface area contributed by atoms with E-state index in [0.717, 1.165) is 0 Å². The van der Waals surface area contributed by atoms with Gasteiger partial charge in [-0.2, -0.15) is 0 Å². The quantitative estimate of drug-likeness (QED) is 0.583. The summed E-state index contributed by atoms with van der Waals surface area (Å²) in [6.07, 6.45) is 0. The van der Waals surface area contributed by atoms with E-state index in [-0.39, 0.29) is 0 Å². The Bertz CT molecular complexity index is 255. The molecule has 0 fully saturated rings. The average molecular weight is 202 g/mol. The van der Waals surface area contributed by atoms with Crippen LogP contribution >= 0.6 is 11.6 Å². The molecule has 0 spiro atoms. The molecule has 0 unspecified atom stereocenters. The highest BCUT2D eigenvalue weighted by atomic mass is 35.5. The van der Waals surface area contributed by atoms with Crippen molar-refractivity contribution in [3.05, 3.63) is 29.3 Å². The van der Waals surface area contributed by atoms with Gasteiger partial charge in [0.2, 0.25) is 0 Å². The Morgan fingerprint density at radius 3 is 2.77 bits per heavy atom. The summed E-state index contributed by atoms with van der Waals surface area (Å²) in [5, 5.41) is 0.618. The number of ether oxygens (including phenoxy) is 1. The summed E-state index contributed by atoms with van der Waals surface area (Å²) in [6.45, 7) is 0.965. The molecule has 0 bridgehead atoms. The van der Waals surface area contributed by atoms with Gasteiger partial charge in [0, 0.05) is 7.05 Å². The molecule has 0 aliphatic carbocycles. The summed E-state index contributed by atoms with van der Waals surface area (Å²) in [6, 6.07) is 7.34. The standard InChI is InChI=1S/C9H12ClNO2/c1-11-13-7-6-12-9-5-3-2-4-8(9)10/h2-5,11H,6-7H2,1H3. The van der Waals surface area contributed by atoms with Crippen LogP contribution in [0.2, 0.25) is 5.02 Å². The molecule has 1 aromatic rings. The smallest absolute Gasteiger partial charge is 0.138 e. The third-order valence-electron chi connectivity index (χ3n) is 1.42. The van der Waals surface area contributed by atoms with Crippen LogP contribution in [0.1, 0.15) is 0 Å². The molecule has 1 aromatic carbocycles. The van der Waals surface area contributed by atoms with E-state index in [1.54, 1.807) is 13.1 Å². The second-order valence-corrected chi connectivity index (χ2v) is 2.74. The van der Waals surface area contributed by atoms with E-state index < -0.39 is 0 Å². The minimum absolute atomic E-state index is 0.477. The van der Waals surface area contributed by atoms with Gasteiger partial charge in [0.05, 0.1) is 5.02 Å². The maximum atomic E-state index is 5.86. The number of nitrogens with one attached hydrogen (secondary N) is 1. The normalized spacial score (nSPS) is 10.0. The number of hydrogen-bond donors (Lipinski definition) is 1. The van der Waals surface area contributed by atoms with Crippen molar-refractivity contribution >= 4 is 11.6 Å². The van der Waals surface area contributed by atoms with E-state index in [1.165, 1.54) is 0 Å². The zero-order chi connectivity index (χ0) is 9.52. The molecule has 0 aromatic heterocycles. The predicted molar refractivity (Wildman–Crippen MR) is 52.0 cm³/mol. The van der Waals surface area contributed by atoms with Crippen molar-refractivity contribution < 1.29 is 9.57 Å². The van der Waals surface area contributed by atoms with Crippen LogP contribution in [-0.4, -0.2) is 20.3 Å². The van der Waals surface area contributed by atoms with Crippen molar-refractivity contribution in [1.29, 1.82) is 0 Å². The molecule has 0 radical (unpaired) electrons. The number of benzene rings is 1. The highest BCUT2D eigenvalue weighted by molar-refractivity contribution is 6.32. The van der Waals surface area contributed by atoms with Crippen molar-refractivity contribution in [1.82, 2.24) is 5.48 Å². The molecule has 0 aliphatic heterocycles. The molecule has 0 heterocycles. The summed E-state index contributed by atoms with van der Waals surface area (Å²) >= 11 is 5.86. The Morgan fingerprint density at radius 1 is 1.31 bits per heavy atom. The molecule has 0 atom stereocenters. The van der Waals surface area contributed by atoms with Crippen LogP contribution in [0.5, 0.6) is 5.75 Å². The topological polar surface area (TPSA) is 30.5 Å². The fraction of sp³-hybridized carbons (Fsp3) is 0.333. The van der Waals surface area contributed by atoms with Gasteiger partial charge < -0.3 is 4.74 Å². The minimum atomic E-state index is 0.477. The van der Waals surface area contributed by atoms with Gasteiger partial charge in [-0.1, -0.05) is 23.7 Å². The monoisotopic (exact) mass is 201 g/mol. The first-order valence-electron chi connectivity index (χ1n) is 4.00. The number of hydrogen-bond acceptors (Lipinski definition) is 3. The number of halogens is 1. The molecule has 72 valence electrons. The molecule has 1 N–H and O–H groups in total. The lowest BCUT2D eigenvalue weighted by molar-refractivity contribution is 0.0367. The number of para-hydroxylation sites is 1. The number of hydroxylamine groups is 1. The highest BCUT2D eigenvalue weighted by Crippen LogP contribution is 2.22. The number of rotatable bonds is 5. The SMILES string of the molecule is CNOCCOc1ccccc1Cl. The van der Waals surface area contributed by atoms with Crippen molar-refractivity contribution in [2.75, 3.05) is 20.3 Å². The minimum Gasteiger partial charge on any atom is -0.490 e. The van der Waals surface area contributed by atoms with Gasteiger partial charge in [-0.15, -0.1) is 0 Å². The van der Waals surface area contributed by atoms with Gasteiger partial charge in [0.15, 0.2) is 0 Å². The Morgan fingerprint density at radius 2 is 2.08 bits per heavy atom. The Labute approximate surface area is 82.6 Å². The summed E-state index contributed by atoms with van der Waals surface area (Å²) in [7, 11) is 1.70. The van der Waals surface area contributed by atoms with Gasteiger partial charge in [-0.25, -0.2) is 5.48 Å². The highest BCUT2D eigenvalue weighted by Gasteiger charge is 1.98. The van der Waals surface area contributed by atoms with E-state index in [0.29, 0.717) is 24.0 Å². The second-order valence-electron chi connectivity index (χ2n) is 2.33. The third-order valence-corrected chi connectivity index (χ3v) is 1.74. The Kier molecular flexibility index (Phi) is 4.60. The van der Waals surface area contributed by atoms with Gasteiger partial charge in [0.1, 0.15) is 19.0 Å². The Balaban J connectivity index is 2.32. The first kappa shape index (κ1) is 10.3. The summed E-state index contributed by atoms with van der Waals surface area (Å²) < 4.78 is 5.34. The van der Waals surface area contributed by atoms with Crippen molar-refractivity contribution in [3.63, 3.8) is 0 Å². The average Bonchev–Trinajstić information content (AvgIpc) is 2.15. The lowest BCUT2D eigenvalue weighted by Crippen LogP contribution is -2.14. The van der Waals surface area contributed by atoms with Gasteiger partial charge in [-0.05, 0) is 12.1 Å². The summed E-state index contributed by atoms with van der Waals surface area (Å²) in [5.74, 6) is 0.684. The lowest BCUT2D eigenvalue weighted by Gasteiger charge is -2.06. The molecular formula is C9H12ClNO2. The fourth-order valence-corrected chi connectivity index (χ4v) is 1.05. The van der Waals surface area contributed by atoms with Crippen molar-refractivity contribution in [3.8, 4) is 5.75 Å². The zero-order valence-electron chi connectivity index (χ0n) is 7.42. The third kappa shape index (κ3) is 3.63. The molecule has 0 aliphatic rings. The van der Waals surface area contributed by atoms with E-state index >= 15 is 0 Å². The molecule has 0 amide bonds. The van der Waals surface area contributed by atoms with Crippen LogP contribution < -0.4 is 10.2 Å². The van der Waals surface area contributed by atoms with Crippen molar-refractivity contribution in [2.45, 2.75) is 0 Å². The zero-order valence-corrected chi connectivity index (χ0v) is 8.17. The molecule has 13 heavy (non-hydrogen) atoms. The van der Waals surface area contributed by atoms with Gasteiger partial charge in [-0.3, -0.25) is 4.84 Å². The van der Waals surface area contributed by atoms with E-state index in [9.17, 15) is 0 Å². The summed E-state index contributed by atoms with van der Waals surface area (Å²) in [4.78, 5) is 4.88. The van der Waals surface area contributed by atoms with E-state index in [2.05, 4.69) is 5.48 Å². The molecule has 0 saturated heterocycles. The van der Waals surface area contributed by atoms with E-state index in [1.807, 2.05) is 18.2 Å². The predicted octanol–water partition coefficient (Wildman–Crippen LogP) is 1.87.